The topological polar surface area (TPSA) is 57.6 Å². The van der Waals surface area contributed by atoms with Crippen LogP contribution in [0.25, 0.3) is 0 Å². The van der Waals surface area contributed by atoms with Crippen molar-refractivity contribution in [2.75, 3.05) is 4.90 Å². The zero-order valence-corrected chi connectivity index (χ0v) is 15.7. The summed E-state index contributed by atoms with van der Waals surface area (Å²) in [7, 11) is 0. The van der Waals surface area contributed by atoms with Gasteiger partial charge in [0.1, 0.15) is 0 Å². The van der Waals surface area contributed by atoms with Gasteiger partial charge in [0.2, 0.25) is 0 Å². The zero-order valence-electron chi connectivity index (χ0n) is 14.9. The summed E-state index contributed by atoms with van der Waals surface area (Å²) in [6, 6.07) is 18.2. The van der Waals surface area contributed by atoms with E-state index in [1.54, 1.807) is 40.5 Å². The average Bonchev–Trinajstić information content (AvgIpc) is 3.25. The number of carbonyl (C=O) groups excluding carboxylic acids is 2. The van der Waals surface area contributed by atoms with E-state index in [9.17, 15) is 14.7 Å². The van der Waals surface area contributed by atoms with Gasteiger partial charge in [-0.3, -0.25) is 9.59 Å². The summed E-state index contributed by atoms with van der Waals surface area (Å²) < 4.78 is 0. The maximum absolute atomic E-state index is 13.2. The first-order chi connectivity index (χ1) is 13.0. The second-order valence-corrected chi connectivity index (χ2v) is 7.85. The van der Waals surface area contributed by atoms with Gasteiger partial charge in [-0.15, -0.1) is 11.3 Å². The number of hydrogen-bond acceptors (Lipinski definition) is 4. The molecule has 0 radical (unpaired) electrons. The predicted molar refractivity (Wildman–Crippen MR) is 106 cm³/mol. The molecular formula is C22H19NO3S. The van der Waals surface area contributed by atoms with E-state index >= 15 is 0 Å². The normalized spacial score (nSPS) is 18.6. The Labute approximate surface area is 161 Å². The summed E-state index contributed by atoms with van der Waals surface area (Å²) in [6.45, 7) is 2.33. The largest absolute Gasteiger partial charge is 0.375 e. The van der Waals surface area contributed by atoms with E-state index in [-0.39, 0.29) is 12.2 Å². The lowest BCUT2D eigenvalue weighted by Gasteiger charge is -2.22. The van der Waals surface area contributed by atoms with Crippen LogP contribution in [0.1, 0.15) is 32.8 Å². The standard InChI is InChI=1S/C22H19NO3S/c1-15-8-10-16(11-9-15)20(24)13-22(26)18-6-2-3-7-19(18)23(21(22)25)14-17-5-4-12-27-17/h2-12,26H,13-14H2,1H3/t22-/m1/s1. The molecule has 1 aliphatic rings. The lowest BCUT2D eigenvalue weighted by Crippen LogP contribution is -2.41. The SMILES string of the molecule is Cc1ccc(C(=O)C[C@]2(O)C(=O)N(Cc3cccs3)c3ccccc32)cc1. The number of Topliss-reactive ketones (excluding diaryl/α,β-unsaturated/α-hetero) is 1. The quantitative estimate of drug-likeness (QED) is 0.682. The van der Waals surface area contributed by atoms with E-state index in [0.717, 1.165) is 10.4 Å². The van der Waals surface area contributed by atoms with Crippen LogP contribution in [0.4, 0.5) is 5.69 Å². The molecule has 4 rings (SSSR count). The molecule has 2 aromatic carbocycles. The monoisotopic (exact) mass is 377 g/mol. The number of nitrogens with zero attached hydrogens (tertiary/aromatic N) is 1. The van der Waals surface area contributed by atoms with Crippen LogP contribution in [0.15, 0.2) is 66.0 Å². The fraction of sp³-hybridized carbons (Fsp3) is 0.182. The molecule has 0 spiro atoms. The molecule has 1 atom stereocenters. The smallest absolute Gasteiger partial charge is 0.264 e. The number of aryl methyl sites for hydroxylation is 1. The van der Waals surface area contributed by atoms with Gasteiger partial charge in [-0.25, -0.2) is 0 Å². The molecule has 0 bridgehead atoms. The lowest BCUT2D eigenvalue weighted by molar-refractivity contribution is -0.136. The van der Waals surface area contributed by atoms with Crippen molar-refractivity contribution < 1.29 is 14.7 Å². The average molecular weight is 377 g/mol. The zero-order chi connectivity index (χ0) is 19.0. The van der Waals surface area contributed by atoms with Crippen LogP contribution in [0.2, 0.25) is 0 Å². The van der Waals surface area contributed by atoms with Gasteiger partial charge in [0, 0.05) is 16.0 Å². The Morgan fingerprint density at radius 3 is 2.52 bits per heavy atom. The van der Waals surface area contributed by atoms with E-state index < -0.39 is 11.5 Å². The molecule has 136 valence electrons. The highest BCUT2D eigenvalue weighted by molar-refractivity contribution is 7.09. The molecule has 0 saturated heterocycles. The number of amides is 1. The van der Waals surface area contributed by atoms with Gasteiger partial charge in [0.05, 0.1) is 18.7 Å². The van der Waals surface area contributed by atoms with Crippen molar-refractivity contribution in [2.45, 2.75) is 25.5 Å². The first kappa shape index (κ1) is 17.6. The summed E-state index contributed by atoms with van der Waals surface area (Å²) in [5, 5.41) is 13.2. The Kier molecular flexibility index (Phi) is 4.42. The van der Waals surface area contributed by atoms with E-state index in [2.05, 4.69) is 0 Å². The van der Waals surface area contributed by atoms with Crippen LogP contribution >= 0.6 is 11.3 Å². The van der Waals surface area contributed by atoms with Crippen LogP contribution in [-0.2, 0) is 16.9 Å². The Morgan fingerprint density at radius 2 is 1.81 bits per heavy atom. The maximum atomic E-state index is 13.2. The molecule has 1 aliphatic heterocycles. The Balaban J connectivity index is 1.68. The Hall–Kier alpha value is -2.76. The number of carbonyl (C=O) groups is 2. The van der Waals surface area contributed by atoms with Crippen molar-refractivity contribution in [3.63, 3.8) is 0 Å². The number of aliphatic hydroxyl groups is 1. The second-order valence-electron chi connectivity index (χ2n) is 6.81. The van der Waals surface area contributed by atoms with Gasteiger partial charge in [-0.05, 0) is 24.4 Å². The number of thiophene rings is 1. The van der Waals surface area contributed by atoms with Crippen molar-refractivity contribution in [3.05, 3.63) is 87.6 Å². The number of rotatable bonds is 5. The minimum Gasteiger partial charge on any atom is -0.375 e. The van der Waals surface area contributed by atoms with Crippen LogP contribution < -0.4 is 4.90 Å². The molecule has 1 N–H and O–H groups in total. The van der Waals surface area contributed by atoms with E-state index in [4.69, 9.17) is 0 Å². The Bertz CT molecular complexity index is 995. The summed E-state index contributed by atoms with van der Waals surface area (Å²) in [6.07, 6.45) is -0.271. The molecule has 1 aromatic heterocycles. The number of ketones is 1. The van der Waals surface area contributed by atoms with Crippen molar-refractivity contribution in [1.82, 2.24) is 0 Å². The highest BCUT2D eigenvalue weighted by Crippen LogP contribution is 2.43. The Morgan fingerprint density at radius 1 is 1.07 bits per heavy atom. The van der Waals surface area contributed by atoms with E-state index in [1.165, 1.54) is 0 Å². The van der Waals surface area contributed by atoms with Crippen LogP contribution in [0.5, 0.6) is 0 Å². The van der Waals surface area contributed by atoms with Gasteiger partial charge in [0.15, 0.2) is 11.4 Å². The molecule has 3 aromatic rings. The molecule has 0 saturated carbocycles. The van der Waals surface area contributed by atoms with Crippen molar-refractivity contribution >= 4 is 28.7 Å². The first-order valence-corrected chi connectivity index (χ1v) is 9.63. The summed E-state index contributed by atoms with van der Waals surface area (Å²) in [5.41, 5.74) is 0.864. The summed E-state index contributed by atoms with van der Waals surface area (Å²) >= 11 is 1.56. The van der Waals surface area contributed by atoms with Crippen LogP contribution in [0, 0.1) is 6.92 Å². The molecule has 5 heteroatoms. The van der Waals surface area contributed by atoms with Crippen molar-refractivity contribution in [3.8, 4) is 0 Å². The van der Waals surface area contributed by atoms with Crippen LogP contribution in [-0.4, -0.2) is 16.8 Å². The summed E-state index contributed by atoms with van der Waals surface area (Å²) in [4.78, 5) is 28.5. The van der Waals surface area contributed by atoms with Gasteiger partial charge in [-0.2, -0.15) is 0 Å². The highest BCUT2D eigenvalue weighted by atomic mass is 32.1. The van der Waals surface area contributed by atoms with E-state index in [1.807, 2.05) is 48.7 Å². The maximum Gasteiger partial charge on any atom is 0.264 e. The number of fused-ring (bicyclic) bond motifs is 1. The molecule has 0 fully saturated rings. The van der Waals surface area contributed by atoms with Crippen molar-refractivity contribution in [1.29, 1.82) is 0 Å². The second kappa shape index (κ2) is 6.76. The lowest BCUT2D eigenvalue weighted by atomic mass is 9.88. The minimum absolute atomic E-state index is 0.251. The third-order valence-corrected chi connectivity index (χ3v) is 5.78. The first-order valence-electron chi connectivity index (χ1n) is 8.75. The molecule has 1 amide bonds. The fourth-order valence-corrected chi connectivity index (χ4v) is 4.16. The van der Waals surface area contributed by atoms with Crippen molar-refractivity contribution in [2.24, 2.45) is 0 Å². The molecule has 0 unspecified atom stereocenters. The minimum atomic E-state index is -1.84. The predicted octanol–water partition coefficient (Wildman–Crippen LogP) is 4.06. The van der Waals surface area contributed by atoms with Gasteiger partial charge < -0.3 is 10.0 Å². The van der Waals surface area contributed by atoms with E-state index in [0.29, 0.717) is 23.4 Å². The number of anilines is 1. The number of hydrogen-bond donors (Lipinski definition) is 1. The molecule has 27 heavy (non-hydrogen) atoms. The van der Waals surface area contributed by atoms with Crippen LogP contribution in [0.3, 0.4) is 0 Å². The van der Waals surface area contributed by atoms with Gasteiger partial charge >= 0.3 is 0 Å². The third-order valence-electron chi connectivity index (χ3n) is 4.92. The number of para-hydroxylation sites is 1. The third kappa shape index (κ3) is 3.09. The molecule has 4 nitrogen and oxygen atoms in total. The van der Waals surface area contributed by atoms with Gasteiger partial charge in [0.25, 0.3) is 5.91 Å². The molecule has 2 heterocycles. The molecule has 0 aliphatic carbocycles. The fourth-order valence-electron chi connectivity index (χ4n) is 3.47. The highest BCUT2D eigenvalue weighted by Gasteiger charge is 2.50. The molecular weight excluding hydrogens is 358 g/mol. The number of benzene rings is 2. The van der Waals surface area contributed by atoms with Gasteiger partial charge in [-0.1, -0.05) is 54.1 Å². The summed E-state index contributed by atoms with van der Waals surface area (Å²) in [5.74, 6) is -0.698.